The van der Waals surface area contributed by atoms with E-state index in [0.717, 1.165) is 27.4 Å². The van der Waals surface area contributed by atoms with Crippen LogP contribution >= 0.6 is 0 Å². The Kier molecular flexibility index (Phi) is 9.51. The van der Waals surface area contributed by atoms with Gasteiger partial charge in [0.25, 0.3) is 0 Å². The summed E-state index contributed by atoms with van der Waals surface area (Å²) in [4.78, 5) is 14.7. The summed E-state index contributed by atoms with van der Waals surface area (Å²) in [6, 6.07) is 26.8. The minimum atomic E-state index is -2.06. The number of fused-ring (bicyclic) bond motifs is 4. The zero-order chi connectivity index (χ0) is 27.6. The van der Waals surface area contributed by atoms with Gasteiger partial charge in [0.1, 0.15) is 0 Å². The van der Waals surface area contributed by atoms with Crippen molar-refractivity contribution in [2.45, 2.75) is 38.0 Å². The van der Waals surface area contributed by atoms with E-state index in [0.29, 0.717) is 5.56 Å². The molecule has 0 amide bonds. The Balaban J connectivity index is 0.000000468. The molecular weight excluding hydrogens is 721 g/mol. The Labute approximate surface area is 246 Å². The summed E-state index contributed by atoms with van der Waals surface area (Å²) in [6.07, 6.45) is 3.05. The first kappa shape index (κ1) is 30.2. The number of rotatable bonds is 3. The number of carbonyl (C=O) groups excluding carboxylic acids is 1. The van der Waals surface area contributed by atoms with Gasteiger partial charge in [0.2, 0.25) is 0 Å². The van der Waals surface area contributed by atoms with Gasteiger partial charge < -0.3 is 5.11 Å². The fraction of sp³-hybridized carbons (Fsp3) is 0.182. The van der Waals surface area contributed by atoms with Gasteiger partial charge in [0.05, 0.1) is 5.76 Å². The third kappa shape index (κ3) is 6.48. The molecule has 4 aromatic carbocycles. The van der Waals surface area contributed by atoms with Gasteiger partial charge in [-0.15, -0.1) is 0 Å². The summed E-state index contributed by atoms with van der Waals surface area (Å²) in [7, 11) is 0. The SMILES string of the molecule is CC(=O)/C=C(/C)O.Cc1ccc2c(ccc3c(-c4[c-]c5ccccc5c(C#N)c4)nccc32)[c]1[Ge]([CH3])([CH3])[CH3].[Ir]. The van der Waals surface area contributed by atoms with E-state index in [1.807, 2.05) is 36.5 Å². The first-order valence-electron chi connectivity index (χ1n) is 12.6. The molecule has 5 aromatic rings. The number of pyridine rings is 1. The Morgan fingerprint density at radius 2 is 1.59 bits per heavy atom. The molecule has 1 aromatic heterocycles. The number of ketones is 1. The number of aliphatic hydroxyl groups excluding tert-OH is 1. The van der Waals surface area contributed by atoms with Gasteiger partial charge in [-0.3, -0.25) is 4.79 Å². The first-order chi connectivity index (χ1) is 18.0. The van der Waals surface area contributed by atoms with E-state index in [-0.39, 0.29) is 31.6 Å². The zero-order valence-corrected chi connectivity index (χ0v) is 27.5. The van der Waals surface area contributed by atoms with Crippen LogP contribution in [0, 0.1) is 24.3 Å². The number of hydrogen-bond acceptors (Lipinski definition) is 4. The van der Waals surface area contributed by atoms with E-state index >= 15 is 0 Å². The summed E-state index contributed by atoms with van der Waals surface area (Å²) in [6.45, 7) is 5.09. The quantitative estimate of drug-likeness (QED) is 0.0673. The average Bonchev–Trinajstić information content (AvgIpc) is 2.86. The molecule has 0 unspecified atom stereocenters. The smallest absolute Gasteiger partial charge is 0 e. The number of aromatic nitrogens is 1. The van der Waals surface area contributed by atoms with E-state index < -0.39 is 13.3 Å². The van der Waals surface area contributed by atoms with Crippen molar-refractivity contribution >= 4 is 55.8 Å². The Hall–Kier alpha value is -3.30. The van der Waals surface area contributed by atoms with Crippen LogP contribution in [0.5, 0.6) is 0 Å². The Bertz CT molecular complexity index is 1780. The van der Waals surface area contributed by atoms with Crippen LogP contribution in [-0.4, -0.2) is 29.1 Å². The molecule has 0 aliphatic carbocycles. The number of allylic oxidation sites excluding steroid dienone is 2. The van der Waals surface area contributed by atoms with E-state index in [1.165, 1.54) is 41.6 Å². The third-order valence-corrected chi connectivity index (χ3v) is 11.0. The van der Waals surface area contributed by atoms with Gasteiger partial charge in [-0.05, 0) is 13.8 Å². The van der Waals surface area contributed by atoms with Crippen LogP contribution in [0.15, 0.2) is 78.7 Å². The topological polar surface area (TPSA) is 74.0 Å². The molecule has 39 heavy (non-hydrogen) atoms. The second-order valence-corrected chi connectivity index (χ2v) is 21.1. The minimum Gasteiger partial charge on any atom is 0 e. The molecule has 1 N–H and O–H groups in total. The third-order valence-electron chi connectivity index (χ3n) is 6.46. The minimum absolute atomic E-state index is 0. The average molecular weight is 752 g/mol. The fourth-order valence-corrected chi connectivity index (χ4v) is 9.94. The van der Waals surface area contributed by atoms with Crippen LogP contribution in [0.2, 0.25) is 17.3 Å². The Morgan fingerprint density at radius 3 is 2.21 bits per heavy atom. The van der Waals surface area contributed by atoms with Gasteiger partial charge in [0.15, 0.2) is 5.78 Å². The monoisotopic (exact) mass is 754 g/mol. The number of hydrogen-bond donors (Lipinski definition) is 1. The number of nitrogens with zero attached hydrogens (tertiary/aromatic N) is 2. The van der Waals surface area contributed by atoms with Gasteiger partial charge >= 0.3 is 186 Å². The standard InChI is InChI=1S/C28H23GeN2.C5H8O2.Ir/c1-18-9-10-23-24-13-14-31-28(26(24)12-11-25(23)27(18)29(2,3)4)20-15-19-7-5-6-8-22(19)21(16-20)17-30;1-4(6)3-5(2)7;/h5-14,16H,1-4H3;3,6H,1-2H3;/q-1;;/b;4-3-;. The molecule has 5 rings (SSSR count). The molecule has 0 saturated carbocycles. The number of aryl methyl sites for hydroxylation is 1. The number of carbonyl (C=O) groups is 1. The molecule has 0 aliphatic rings. The number of aliphatic hydroxyl groups is 1. The molecule has 0 fully saturated rings. The van der Waals surface area contributed by atoms with E-state index in [1.54, 1.807) is 4.40 Å². The van der Waals surface area contributed by atoms with Crippen molar-refractivity contribution in [2.75, 3.05) is 0 Å². The predicted octanol–water partition coefficient (Wildman–Crippen LogP) is 7.77. The van der Waals surface area contributed by atoms with Crippen LogP contribution in [0.25, 0.3) is 43.6 Å². The van der Waals surface area contributed by atoms with Crippen LogP contribution in [0.1, 0.15) is 25.0 Å². The summed E-state index contributed by atoms with van der Waals surface area (Å²) in [5, 5.41) is 24.9. The molecular formula is C33H31GeIrN2O2-. The summed E-state index contributed by atoms with van der Waals surface area (Å²) < 4.78 is 1.57. The maximum Gasteiger partial charge on any atom is 0 e. The van der Waals surface area contributed by atoms with Gasteiger partial charge in [-0.2, -0.15) is 0 Å². The summed E-state index contributed by atoms with van der Waals surface area (Å²) >= 11 is -2.06. The molecule has 199 valence electrons. The molecule has 4 nitrogen and oxygen atoms in total. The fourth-order valence-electron chi connectivity index (χ4n) is 5.13. The van der Waals surface area contributed by atoms with Crippen molar-refractivity contribution in [1.82, 2.24) is 4.98 Å². The van der Waals surface area contributed by atoms with E-state index in [9.17, 15) is 10.1 Å². The van der Waals surface area contributed by atoms with Gasteiger partial charge in [-0.1, -0.05) is 0 Å². The largest absolute Gasteiger partial charge is 0 e. The molecule has 6 heteroatoms. The molecule has 0 bridgehead atoms. The van der Waals surface area contributed by atoms with Crippen LogP contribution in [0.4, 0.5) is 0 Å². The number of nitriles is 1. The van der Waals surface area contributed by atoms with Crippen molar-refractivity contribution < 1.29 is 30.0 Å². The van der Waals surface area contributed by atoms with Crippen LogP contribution in [0.3, 0.4) is 0 Å². The van der Waals surface area contributed by atoms with E-state index in [2.05, 4.69) is 66.7 Å². The van der Waals surface area contributed by atoms with Gasteiger partial charge in [-0.25, -0.2) is 0 Å². The number of benzene rings is 4. The predicted molar refractivity (Wildman–Crippen MR) is 161 cm³/mol. The molecule has 1 radical (unpaired) electrons. The molecule has 1 heterocycles. The molecule has 0 aliphatic heterocycles. The normalized spacial score (nSPS) is 11.5. The van der Waals surface area contributed by atoms with E-state index in [4.69, 9.17) is 10.1 Å². The van der Waals surface area contributed by atoms with Crippen molar-refractivity contribution in [1.29, 1.82) is 5.26 Å². The summed E-state index contributed by atoms with van der Waals surface area (Å²) in [5.41, 5.74) is 3.79. The van der Waals surface area contributed by atoms with Crippen LogP contribution < -0.4 is 4.40 Å². The zero-order valence-electron chi connectivity index (χ0n) is 23.0. The molecule has 0 saturated heterocycles. The maximum atomic E-state index is 10.0. The second kappa shape index (κ2) is 12.3. The molecule has 0 atom stereocenters. The van der Waals surface area contributed by atoms with Gasteiger partial charge in [0, 0.05) is 26.2 Å². The summed E-state index contributed by atoms with van der Waals surface area (Å²) in [5.74, 6) is 7.30. The Morgan fingerprint density at radius 1 is 0.949 bits per heavy atom. The van der Waals surface area contributed by atoms with Crippen molar-refractivity contribution in [3.63, 3.8) is 0 Å². The van der Waals surface area contributed by atoms with Crippen LogP contribution in [-0.2, 0) is 24.9 Å². The van der Waals surface area contributed by atoms with Crippen molar-refractivity contribution in [3.05, 3.63) is 95.9 Å². The molecule has 0 spiro atoms. The van der Waals surface area contributed by atoms with Crippen molar-refractivity contribution in [2.24, 2.45) is 0 Å². The van der Waals surface area contributed by atoms with Crippen molar-refractivity contribution in [3.8, 4) is 17.3 Å². The maximum absolute atomic E-state index is 10.0. The second-order valence-electron chi connectivity index (χ2n) is 10.6. The first-order valence-corrected chi connectivity index (χ1v) is 19.9.